The Hall–Kier alpha value is -0.730. The number of carbonyl (C=O) groups excluding carboxylic acids is 2. The van der Waals surface area contributed by atoms with Crippen LogP contribution in [0.3, 0.4) is 0 Å². The summed E-state index contributed by atoms with van der Waals surface area (Å²) in [5, 5.41) is 22.6. The Balaban J connectivity index is 0.00000408. The van der Waals surface area contributed by atoms with E-state index in [1.165, 1.54) is 19.1 Å². The van der Waals surface area contributed by atoms with Crippen LogP contribution < -0.4 is 105 Å². The summed E-state index contributed by atoms with van der Waals surface area (Å²) in [6.07, 6.45) is 0. The van der Waals surface area contributed by atoms with E-state index in [-0.39, 0.29) is 106 Å². The number of hydrogen-bond acceptors (Lipinski definition) is 13. The molecule has 1 aliphatic rings. The molecule has 1 unspecified atom stereocenters. The second kappa shape index (κ2) is 13.4. The molecule has 0 bridgehead atoms. The number of hydrazone groups is 1. The van der Waals surface area contributed by atoms with E-state index in [1.807, 2.05) is 0 Å². The maximum atomic E-state index is 12.9. The van der Waals surface area contributed by atoms with Gasteiger partial charge in [-0.15, -0.1) is 0 Å². The number of carboxylic acid groups (broad SMARTS) is 1. The van der Waals surface area contributed by atoms with Crippen molar-refractivity contribution in [2.45, 2.75) is 22.8 Å². The van der Waals surface area contributed by atoms with E-state index >= 15 is 0 Å². The third kappa shape index (κ3) is 7.66. The number of nitrogens with zero attached hydrogens (tertiary/aromatic N) is 4. The standard InChI is InChI=1S/C17H15N5O9S2.3Na/c1-8-11(6-9(18)7-13(8)33(29,30)31)22-16(23)14(15(21-22)17(24)25)20-19-10-4-2-3-5-12(10)32(26,27)28;;;/h2-7,14H,18H2,1H3,(H,24,25)(H,26,27,28)(H,29,30,31);;;/q;3*+1/p-3. The number of carbonyl (C=O) groups is 2. The minimum absolute atomic E-state index is 0. The number of carboxylic acids is 1. The molecule has 1 atom stereocenters. The van der Waals surface area contributed by atoms with E-state index in [2.05, 4.69) is 15.3 Å². The molecule has 1 amide bonds. The van der Waals surface area contributed by atoms with Gasteiger partial charge in [0.05, 0.1) is 21.4 Å². The van der Waals surface area contributed by atoms with Crippen LogP contribution in [0.4, 0.5) is 17.1 Å². The molecule has 36 heavy (non-hydrogen) atoms. The zero-order valence-electron chi connectivity index (χ0n) is 19.4. The van der Waals surface area contributed by atoms with Crippen molar-refractivity contribution in [3.63, 3.8) is 0 Å². The molecule has 0 saturated heterocycles. The van der Waals surface area contributed by atoms with Crippen molar-refractivity contribution in [2.24, 2.45) is 15.3 Å². The van der Waals surface area contributed by atoms with Gasteiger partial charge in [0.25, 0.3) is 5.91 Å². The molecule has 174 valence electrons. The Kier molecular flexibility index (Phi) is 13.1. The second-order valence-electron chi connectivity index (χ2n) is 6.58. The zero-order chi connectivity index (χ0) is 24.7. The summed E-state index contributed by atoms with van der Waals surface area (Å²) in [6.45, 7) is 1.17. The largest absolute Gasteiger partial charge is 1.00 e. The Morgan fingerprint density at radius 3 is 2.11 bits per heavy atom. The monoisotopic (exact) mass is 563 g/mol. The number of amides is 1. The third-order valence-electron chi connectivity index (χ3n) is 4.39. The van der Waals surface area contributed by atoms with Crippen molar-refractivity contribution < 1.29 is 129 Å². The smallest absolute Gasteiger partial charge is 0.744 e. The van der Waals surface area contributed by atoms with Crippen molar-refractivity contribution in [1.29, 1.82) is 0 Å². The number of benzene rings is 2. The van der Waals surface area contributed by atoms with Gasteiger partial charge < -0.3 is 24.7 Å². The minimum Gasteiger partial charge on any atom is -0.744 e. The molecular formula is C17H12N5Na3O9S2. The molecule has 1 heterocycles. The number of anilines is 2. The number of rotatable bonds is 6. The van der Waals surface area contributed by atoms with E-state index < -0.39 is 59.3 Å². The van der Waals surface area contributed by atoms with Crippen LogP contribution in [0.2, 0.25) is 0 Å². The van der Waals surface area contributed by atoms with Crippen molar-refractivity contribution in [1.82, 2.24) is 0 Å². The van der Waals surface area contributed by atoms with Crippen LogP contribution in [0, 0.1) is 6.92 Å². The summed E-state index contributed by atoms with van der Waals surface area (Å²) in [6, 6.07) is 4.60. The first-order chi connectivity index (χ1) is 15.2. The van der Waals surface area contributed by atoms with Crippen LogP contribution >= 0.6 is 0 Å². The molecule has 0 radical (unpaired) electrons. The predicted molar refractivity (Wildman–Crippen MR) is 106 cm³/mol. The van der Waals surface area contributed by atoms with E-state index in [1.54, 1.807) is 0 Å². The molecule has 2 aromatic carbocycles. The molecule has 1 aliphatic heterocycles. The van der Waals surface area contributed by atoms with Crippen molar-refractivity contribution >= 4 is 54.9 Å². The molecule has 0 aromatic heterocycles. The fourth-order valence-electron chi connectivity index (χ4n) is 2.92. The summed E-state index contributed by atoms with van der Waals surface area (Å²) < 4.78 is 68.6. The minimum atomic E-state index is -5.01. The normalized spacial score (nSPS) is 15.5. The number of nitrogens with two attached hydrogens (primary N) is 1. The summed E-state index contributed by atoms with van der Waals surface area (Å²) in [7, 11) is -9.97. The van der Waals surface area contributed by atoms with Crippen LogP contribution in [-0.2, 0) is 29.8 Å². The molecule has 0 saturated carbocycles. The first-order valence-corrected chi connectivity index (χ1v) is 11.5. The predicted octanol–water partition coefficient (Wildman–Crippen LogP) is -10.00. The maximum Gasteiger partial charge on any atom is 1.00 e. The molecule has 2 aromatic rings. The fourth-order valence-corrected chi connectivity index (χ4v) is 4.29. The Morgan fingerprint density at radius 1 is 1.03 bits per heavy atom. The Labute approximate surface area is 271 Å². The van der Waals surface area contributed by atoms with E-state index in [0.717, 1.165) is 24.3 Å². The van der Waals surface area contributed by atoms with Crippen LogP contribution in [0.25, 0.3) is 0 Å². The van der Waals surface area contributed by atoms with Crippen LogP contribution in [0.1, 0.15) is 5.56 Å². The van der Waals surface area contributed by atoms with Gasteiger partial charge in [0.15, 0.2) is 6.04 Å². The van der Waals surface area contributed by atoms with Gasteiger partial charge in [-0.2, -0.15) is 20.3 Å². The van der Waals surface area contributed by atoms with Gasteiger partial charge in [-0.05, 0) is 36.8 Å². The molecule has 14 nitrogen and oxygen atoms in total. The van der Waals surface area contributed by atoms with Gasteiger partial charge in [-0.25, -0.2) is 16.8 Å². The number of nitrogen functional groups attached to an aromatic ring is 1. The molecule has 0 aliphatic carbocycles. The first-order valence-electron chi connectivity index (χ1n) is 8.67. The number of aliphatic carboxylic acids is 1. The molecule has 19 heteroatoms. The third-order valence-corrected chi connectivity index (χ3v) is 6.23. The Morgan fingerprint density at radius 2 is 1.58 bits per heavy atom. The zero-order valence-corrected chi connectivity index (χ0v) is 27.0. The SMILES string of the molecule is Cc1c(N2N=C(C(=O)[O-])C(N=Nc3ccccc3S(=O)(=O)[O-])C2=O)cc(N)cc1S(=O)(=O)[O-].[Na+].[Na+].[Na+]. The second-order valence-corrected chi connectivity index (χ2v) is 9.28. The van der Waals surface area contributed by atoms with Crippen LogP contribution in [0.5, 0.6) is 0 Å². The van der Waals surface area contributed by atoms with Gasteiger partial charge >= 0.3 is 88.7 Å². The topological polar surface area (TPSA) is 238 Å². The summed E-state index contributed by atoms with van der Waals surface area (Å²) >= 11 is 0. The van der Waals surface area contributed by atoms with Crippen molar-refractivity contribution in [2.75, 3.05) is 10.7 Å². The maximum absolute atomic E-state index is 12.9. The van der Waals surface area contributed by atoms with Gasteiger partial charge in [-0.3, -0.25) is 4.79 Å². The summed E-state index contributed by atoms with van der Waals surface area (Å²) in [5.74, 6) is -3.08. The van der Waals surface area contributed by atoms with Crippen LogP contribution in [0.15, 0.2) is 61.5 Å². The quantitative estimate of drug-likeness (QED) is 0.151. The average molecular weight is 563 g/mol. The molecule has 3 rings (SSSR count). The number of hydrogen-bond donors (Lipinski definition) is 1. The molecule has 2 N–H and O–H groups in total. The van der Waals surface area contributed by atoms with Crippen molar-refractivity contribution in [3.8, 4) is 0 Å². The molecule has 0 fully saturated rings. The van der Waals surface area contributed by atoms with Gasteiger partial charge in [0.1, 0.15) is 31.6 Å². The fraction of sp³-hybridized carbons (Fsp3) is 0.118. The Bertz CT molecular complexity index is 1460. The van der Waals surface area contributed by atoms with Gasteiger partial charge in [-0.1, -0.05) is 12.1 Å². The van der Waals surface area contributed by atoms with E-state index in [0.29, 0.717) is 5.01 Å². The van der Waals surface area contributed by atoms with Crippen molar-refractivity contribution in [3.05, 3.63) is 42.0 Å². The summed E-state index contributed by atoms with van der Waals surface area (Å²) in [5.41, 5.74) is 3.42. The van der Waals surface area contributed by atoms with Gasteiger partial charge in [0.2, 0.25) is 0 Å². The van der Waals surface area contributed by atoms with E-state index in [4.69, 9.17) is 5.73 Å². The number of azo groups is 1. The van der Waals surface area contributed by atoms with E-state index in [9.17, 15) is 40.6 Å². The molecular weight excluding hydrogens is 551 g/mol. The summed E-state index contributed by atoms with van der Waals surface area (Å²) in [4.78, 5) is 22.9. The first kappa shape index (κ1) is 35.3. The molecule has 0 spiro atoms. The average Bonchev–Trinajstić information content (AvgIpc) is 3.03. The van der Waals surface area contributed by atoms with Gasteiger partial charge in [0, 0.05) is 5.69 Å². The van der Waals surface area contributed by atoms with Crippen LogP contribution in [-0.4, -0.2) is 49.6 Å².